The topological polar surface area (TPSA) is 27.1 Å². The summed E-state index contributed by atoms with van der Waals surface area (Å²) in [5, 5.41) is 5.94. The van der Waals surface area contributed by atoms with Crippen molar-refractivity contribution in [3.63, 3.8) is 0 Å². The largest absolute Gasteiger partial charge is 0.356 e. The van der Waals surface area contributed by atoms with E-state index in [1.54, 1.807) is 0 Å². The van der Waals surface area contributed by atoms with Gasteiger partial charge in [-0.25, -0.2) is 4.68 Å². The highest BCUT2D eigenvalue weighted by molar-refractivity contribution is 6.34. The molecule has 1 aromatic carbocycles. The van der Waals surface area contributed by atoms with Gasteiger partial charge in [0.25, 0.3) is 0 Å². The number of hydrogen-bond acceptors (Lipinski definition) is 2. The minimum absolute atomic E-state index is 0.00535. The maximum atomic E-state index is 6.29. The van der Waals surface area contributed by atoms with E-state index in [0.717, 1.165) is 48.8 Å². The summed E-state index contributed by atoms with van der Waals surface area (Å²) in [7, 11) is 0. The molecule has 0 N–H and O–H groups in total. The number of nitrogens with zero attached hydrogens (tertiary/aromatic N) is 2. The van der Waals surface area contributed by atoms with Crippen molar-refractivity contribution in [1.82, 2.24) is 9.78 Å². The van der Waals surface area contributed by atoms with E-state index in [-0.39, 0.29) is 6.23 Å². The van der Waals surface area contributed by atoms with Crippen molar-refractivity contribution in [2.75, 3.05) is 6.61 Å². The fraction of sp³-hybridized carbons (Fsp3) is 0.471. The fourth-order valence-electron chi connectivity index (χ4n) is 2.61. The van der Waals surface area contributed by atoms with E-state index >= 15 is 0 Å². The van der Waals surface area contributed by atoms with Crippen LogP contribution in [0.15, 0.2) is 18.2 Å². The zero-order chi connectivity index (χ0) is 14.7. The lowest BCUT2D eigenvalue weighted by Gasteiger charge is -2.23. The Balaban J connectivity index is 1.96. The van der Waals surface area contributed by atoms with Crippen LogP contribution >= 0.6 is 11.6 Å². The van der Waals surface area contributed by atoms with Gasteiger partial charge in [-0.05, 0) is 43.9 Å². The van der Waals surface area contributed by atoms with Crippen molar-refractivity contribution < 1.29 is 4.74 Å². The van der Waals surface area contributed by atoms with Gasteiger partial charge in [-0.3, -0.25) is 0 Å². The van der Waals surface area contributed by atoms with E-state index in [4.69, 9.17) is 16.3 Å². The van der Waals surface area contributed by atoms with Gasteiger partial charge in [-0.15, -0.1) is 0 Å². The molecule has 3 rings (SSSR count). The SMILES string of the molecule is CCCC#Cc1ccc2c(c1)c(Cl)nn2C1CCCCO1. The molecule has 0 aliphatic carbocycles. The van der Waals surface area contributed by atoms with Gasteiger partial charge in [0.05, 0.1) is 5.52 Å². The second-order valence-electron chi connectivity index (χ2n) is 5.34. The fourth-order valence-corrected chi connectivity index (χ4v) is 2.84. The molecule has 0 bridgehead atoms. The molecule has 0 spiro atoms. The minimum Gasteiger partial charge on any atom is -0.356 e. The summed E-state index contributed by atoms with van der Waals surface area (Å²) < 4.78 is 7.73. The summed E-state index contributed by atoms with van der Waals surface area (Å²) >= 11 is 6.29. The van der Waals surface area contributed by atoms with Crippen molar-refractivity contribution in [1.29, 1.82) is 0 Å². The summed E-state index contributed by atoms with van der Waals surface area (Å²) in [5.74, 6) is 6.34. The van der Waals surface area contributed by atoms with Crippen LogP contribution in [0.5, 0.6) is 0 Å². The zero-order valence-electron chi connectivity index (χ0n) is 12.2. The summed E-state index contributed by atoms with van der Waals surface area (Å²) in [4.78, 5) is 0. The lowest BCUT2D eigenvalue weighted by atomic mass is 10.1. The number of halogens is 1. The van der Waals surface area contributed by atoms with E-state index in [9.17, 15) is 0 Å². The third-order valence-corrected chi connectivity index (χ3v) is 3.98. The van der Waals surface area contributed by atoms with Crippen molar-refractivity contribution in [2.24, 2.45) is 0 Å². The molecule has 1 aliphatic heterocycles. The average molecular weight is 303 g/mol. The van der Waals surface area contributed by atoms with Gasteiger partial charge < -0.3 is 4.74 Å². The van der Waals surface area contributed by atoms with Gasteiger partial charge >= 0.3 is 0 Å². The maximum absolute atomic E-state index is 6.29. The molecule has 0 amide bonds. The molecular weight excluding hydrogens is 284 g/mol. The predicted octanol–water partition coefficient (Wildman–Crippen LogP) is 4.54. The number of benzene rings is 1. The Labute approximate surface area is 130 Å². The molecule has 0 radical (unpaired) electrons. The second-order valence-corrected chi connectivity index (χ2v) is 5.70. The molecule has 21 heavy (non-hydrogen) atoms. The first kappa shape index (κ1) is 14.4. The third kappa shape index (κ3) is 3.07. The standard InChI is InChI=1S/C17H19ClN2O/c1-2-3-4-7-13-9-10-15-14(12-13)17(18)19-20(15)16-8-5-6-11-21-16/h9-10,12,16H,2-3,5-6,8,11H2,1H3. The molecule has 1 aliphatic rings. The first-order chi connectivity index (χ1) is 10.3. The first-order valence-electron chi connectivity index (χ1n) is 7.58. The molecule has 2 heterocycles. The number of fused-ring (bicyclic) bond motifs is 1. The lowest BCUT2D eigenvalue weighted by molar-refractivity contribution is -0.0366. The first-order valence-corrected chi connectivity index (χ1v) is 7.95. The summed E-state index contributed by atoms with van der Waals surface area (Å²) in [5.41, 5.74) is 2.01. The quantitative estimate of drug-likeness (QED) is 0.762. The van der Waals surface area contributed by atoms with E-state index in [2.05, 4.69) is 23.9 Å². The van der Waals surface area contributed by atoms with Crippen molar-refractivity contribution in [3.8, 4) is 11.8 Å². The van der Waals surface area contributed by atoms with Gasteiger partial charge in [0.15, 0.2) is 11.4 Å². The van der Waals surface area contributed by atoms with E-state index < -0.39 is 0 Å². The third-order valence-electron chi connectivity index (χ3n) is 3.70. The zero-order valence-corrected chi connectivity index (χ0v) is 13.0. The molecule has 0 saturated carbocycles. The molecule has 1 fully saturated rings. The molecule has 2 aromatic rings. The highest BCUT2D eigenvalue weighted by atomic mass is 35.5. The molecule has 1 saturated heterocycles. The summed E-state index contributed by atoms with van der Waals surface area (Å²) in [6.07, 6.45) is 5.29. The van der Waals surface area contributed by atoms with Crippen molar-refractivity contribution in [3.05, 3.63) is 28.9 Å². The van der Waals surface area contributed by atoms with Gasteiger partial charge in [0.2, 0.25) is 0 Å². The van der Waals surface area contributed by atoms with Crippen LogP contribution in [-0.2, 0) is 4.74 Å². The lowest BCUT2D eigenvalue weighted by Crippen LogP contribution is -2.19. The molecule has 1 atom stereocenters. The number of hydrogen-bond donors (Lipinski definition) is 0. The smallest absolute Gasteiger partial charge is 0.159 e. The van der Waals surface area contributed by atoms with Crippen LogP contribution in [-0.4, -0.2) is 16.4 Å². The van der Waals surface area contributed by atoms with Crippen LogP contribution < -0.4 is 0 Å². The van der Waals surface area contributed by atoms with Crippen LogP contribution in [0.25, 0.3) is 10.9 Å². The Bertz CT molecular complexity index is 690. The van der Waals surface area contributed by atoms with Crippen LogP contribution in [0, 0.1) is 11.8 Å². The Morgan fingerprint density at radius 2 is 2.33 bits per heavy atom. The van der Waals surface area contributed by atoms with Crippen LogP contribution in [0.1, 0.15) is 50.8 Å². The molecular formula is C17H19ClN2O. The monoisotopic (exact) mass is 302 g/mol. The highest BCUT2D eigenvalue weighted by Crippen LogP contribution is 2.30. The Hall–Kier alpha value is -1.50. The molecule has 4 heteroatoms. The number of unbranched alkanes of at least 4 members (excludes halogenated alkanes) is 1. The Morgan fingerprint density at radius 3 is 3.10 bits per heavy atom. The average Bonchev–Trinajstić information content (AvgIpc) is 2.85. The molecule has 1 aromatic heterocycles. The second kappa shape index (κ2) is 6.51. The molecule has 1 unspecified atom stereocenters. The Morgan fingerprint density at radius 1 is 1.43 bits per heavy atom. The van der Waals surface area contributed by atoms with E-state index in [1.165, 1.54) is 6.42 Å². The van der Waals surface area contributed by atoms with Gasteiger partial charge in [0.1, 0.15) is 0 Å². The van der Waals surface area contributed by atoms with E-state index in [0.29, 0.717) is 5.15 Å². The van der Waals surface area contributed by atoms with E-state index in [1.807, 2.05) is 22.9 Å². The van der Waals surface area contributed by atoms with Crippen molar-refractivity contribution in [2.45, 2.75) is 45.3 Å². The number of aromatic nitrogens is 2. The van der Waals surface area contributed by atoms with Gasteiger partial charge in [-0.2, -0.15) is 5.10 Å². The summed E-state index contributed by atoms with van der Waals surface area (Å²) in [6, 6.07) is 6.09. The van der Waals surface area contributed by atoms with Gasteiger partial charge in [0, 0.05) is 24.0 Å². The van der Waals surface area contributed by atoms with Crippen molar-refractivity contribution >= 4 is 22.5 Å². The predicted molar refractivity (Wildman–Crippen MR) is 85.4 cm³/mol. The maximum Gasteiger partial charge on any atom is 0.159 e. The number of ether oxygens (including phenoxy) is 1. The van der Waals surface area contributed by atoms with Crippen LogP contribution in [0.2, 0.25) is 5.15 Å². The van der Waals surface area contributed by atoms with Gasteiger partial charge in [-0.1, -0.05) is 30.4 Å². The summed E-state index contributed by atoms with van der Waals surface area (Å²) in [6.45, 7) is 2.92. The number of rotatable bonds is 2. The highest BCUT2D eigenvalue weighted by Gasteiger charge is 2.20. The normalized spacial score (nSPS) is 18.5. The van der Waals surface area contributed by atoms with Crippen LogP contribution in [0.4, 0.5) is 0 Å². The Kier molecular flexibility index (Phi) is 4.48. The minimum atomic E-state index is 0.00535. The molecule has 3 nitrogen and oxygen atoms in total. The van der Waals surface area contributed by atoms with Crippen LogP contribution in [0.3, 0.4) is 0 Å². The molecule has 110 valence electrons.